The maximum atomic E-state index is 13.8. The van der Waals surface area contributed by atoms with E-state index >= 15 is 0 Å². The summed E-state index contributed by atoms with van der Waals surface area (Å²) >= 11 is 1.41. The second kappa shape index (κ2) is 16.4. The molecule has 0 aromatic heterocycles. The van der Waals surface area contributed by atoms with Crippen molar-refractivity contribution in [3.05, 3.63) is 126 Å². The summed E-state index contributed by atoms with van der Waals surface area (Å²) in [6.07, 6.45) is 2.12. The van der Waals surface area contributed by atoms with Crippen LogP contribution in [0.1, 0.15) is 29.3 Å². The van der Waals surface area contributed by atoms with Crippen molar-refractivity contribution in [1.82, 2.24) is 5.32 Å². The molecule has 5 aromatic carbocycles. The highest BCUT2D eigenvalue weighted by atomic mass is 32.2. The first-order valence-electron chi connectivity index (χ1n) is 15.6. The molecule has 0 radical (unpaired) electrons. The van der Waals surface area contributed by atoms with Gasteiger partial charge in [0.1, 0.15) is 5.70 Å². The van der Waals surface area contributed by atoms with Gasteiger partial charge in [0.15, 0.2) is 11.5 Å². The molecule has 5 aromatic rings. The monoisotopic (exact) mass is 675 g/mol. The summed E-state index contributed by atoms with van der Waals surface area (Å²) in [6.45, 7) is 1.96. The van der Waals surface area contributed by atoms with E-state index < -0.39 is 11.8 Å². The minimum atomic E-state index is -0.555. The van der Waals surface area contributed by atoms with E-state index in [-0.39, 0.29) is 16.9 Å². The van der Waals surface area contributed by atoms with Crippen LogP contribution in [0.25, 0.3) is 16.8 Å². The summed E-state index contributed by atoms with van der Waals surface area (Å²) in [5, 5.41) is 10.4. The zero-order valence-electron chi connectivity index (χ0n) is 27.6. The highest BCUT2D eigenvalue weighted by Crippen LogP contribution is 2.39. The summed E-state index contributed by atoms with van der Waals surface area (Å²) in [6, 6.07) is 32.9. The van der Waals surface area contributed by atoms with E-state index in [0.717, 1.165) is 21.4 Å². The zero-order valence-corrected chi connectivity index (χ0v) is 28.4. The summed E-state index contributed by atoms with van der Waals surface area (Å²) in [7, 11) is 4.50. The molecule has 49 heavy (non-hydrogen) atoms. The third-order valence-electron chi connectivity index (χ3n) is 7.61. The lowest BCUT2D eigenvalue weighted by molar-refractivity contribution is -0.116. The molecule has 0 bridgehead atoms. The Balaban J connectivity index is 1.37. The number of ether oxygens (including phenoxy) is 3. The fraction of sp³-hybridized carbons (Fsp3) is 0.154. The summed E-state index contributed by atoms with van der Waals surface area (Å²) in [5.74, 6) is 0.0518. The summed E-state index contributed by atoms with van der Waals surface area (Å²) in [4.78, 5) is 41.1. The lowest BCUT2D eigenvalue weighted by Gasteiger charge is -2.17. The van der Waals surface area contributed by atoms with Crippen LogP contribution in [-0.4, -0.2) is 44.3 Å². The van der Waals surface area contributed by atoms with Crippen molar-refractivity contribution in [1.29, 1.82) is 0 Å². The molecule has 9 nitrogen and oxygen atoms in total. The molecule has 5 rings (SSSR count). The van der Waals surface area contributed by atoms with Gasteiger partial charge in [0.25, 0.3) is 11.8 Å². The number of fused-ring (bicyclic) bond motifs is 1. The minimum Gasteiger partial charge on any atom is -0.493 e. The first kappa shape index (κ1) is 34.6. The zero-order chi connectivity index (χ0) is 34.8. The number of amides is 3. The second-order valence-electron chi connectivity index (χ2n) is 10.8. The Kier molecular flexibility index (Phi) is 11.6. The molecule has 1 unspecified atom stereocenters. The third kappa shape index (κ3) is 8.60. The fourth-order valence-corrected chi connectivity index (χ4v) is 6.19. The quantitative estimate of drug-likeness (QED) is 0.0863. The standard InChI is InChI=1S/C39H37N3O6S/c1-5-35(39(45)41-31-20-11-16-26-13-9-10-19-30(26)31)49-29-18-12-17-28(24-29)40-38(44)32(42-37(43)27-14-7-6-8-15-27)21-25-22-33(46-2)36(48-4)34(23-25)47-3/h6-24,35H,5H2,1-4H3,(H,40,44)(H,41,45)(H,42,43)/b32-21+. The summed E-state index contributed by atoms with van der Waals surface area (Å²) in [5.41, 5.74) is 2.15. The number of benzene rings is 5. The average molecular weight is 676 g/mol. The van der Waals surface area contributed by atoms with Crippen LogP contribution in [0, 0.1) is 0 Å². The van der Waals surface area contributed by atoms with E-state index in [9.17, 15) is 14.4 Å². The number of anilines is 2. The highest BCUT2D eigenvalue weighted by Gasteiger charge is 2.21. The van der Waals surface area contributed by atoms with Gasteiger partial charge in [-0.05, 0) is 72.0 Å². The maximum absolute atomic E-state index is 13.8. The van der Waals surface area contributed by atoms with E-state index in [2.05, 4.69) is 16.0 Å². The number of rotatable bonds is 13. The maximum Gasteiger partial charge on any atom is 0.272 e. The SMILES string of the molecule is CCC(Sc1cccc(NC(=O)/C(=C\c2cc(OC)c(OC)c(OC)c2)NC(=O)c2ccccc2)c1)C(=O)Nc1cccc2ccccc12. The molecule has 0 spiro atoms. The van der Waals surface area contributed by atoms with Crippen LogP contribution in [0.15, 0.2) is 120 Å². The Morgan fingerprint density at radius 2 is 1.43 bits per heavy atom. The van der Waals surface area contributed by atoms with Gasteiger partial charge in [0.05, 0.1) is 26.6 Å². The van der Waals surface area contributed by atoms with Gasteiger partial charge < -0.3 is 30.2 Å². The van der Waals surface area contributed by atoms with Gasteiger partial charge in [0, 0.05) is 27.2 Å². The molecule has 3 amide bonds. The topological polar surface area (TPSA) is 115 Å². The van der Waals surface area contributed by atoms with Gasteiger partial charge in [-0.2, -0.15) is 0 Å². The van der Waals surface area contributed by atoms with Crippen molar-refractivity contribution in [2.45, 2.75) is 23.5 Å². The predicted octanol–water partition coefficient (Wildman–Crippen LogP) is 7.78. The van der Waals surface area contributed by atoms with Crippen LogP contribution in [0.3, 0.4) is 0 Å². The van der Waals surface area contributed by atoms with Crippen molar-refractivity contribution < 1.29 is 28.6 Å². The van der Waals surface area contributed by atoms with Crippen molar-refractivity contribution in [3.63, 3.8) is 0 Å². The largest absolute Gasteiger partial charge is 0.493 e. The van der Waals surface area contributed by atoms with Gasteiger partial charge in [-0.1, -0.05) is 67.6 Å². The minimum absolute atomic E-state index is 0.0120. The van der Waals surface area contributed by atoms with E-state index in [4.69, 9.17) is 14.2 Å². The molecular formula is C39H37N3O6S. The van der Waals surface area contributed by atoms with Gasteiger partial charge in [-0.25, -0.2) is 0 Å². The molecule has 250 valence electrons. The normalized spacial score (nSPS) is 11.7. The molecule has 0 saturated carbocycles. The van der Waals surface area contributed by atoms with Crippen LogP contribution < -0.4 is 30.2 Å². The lowest BCUT2D eigenvalue weighted by Crippen LogP contribution is -2.30. The Morgan fingerprint density at radius 1 is 0.755 bits per heavy atom. The number of nitrogens with one attached hydrogen (secondary N) is 3. The number of carbonyl (C=O) groups is 3. The number of hydrogen-bond donors (Lipinski definition) is 3. The van der Waals surface area contributed by atoms with Gasteiger partial charge in [0.2, 0.25) is 11.7 Å². The second-order valence-corrected chi connectivity index (χ2v) is 12.1. The molecule has 10 heteroatoms. The van der Waals surface area contributed by atoms with Gasteiger partial charge in [-0.15, -0.1) is 11.8 Å². The summed E-state index contributed by atoms with van der Waals surface area (Å²) < 4.78 is 16.4. The Morgan fingerprint density at radius 3 is 2.12 bits per heavy atom. The van der Waals surface area contributed by atoms with Gasteiger partial charge in [-0.3, -0.25) is 14.4 Å². The average Bonchev–Trinajstić information content (AvgIpc) is 3.13. The number of carbonyl (C=O) groups excluding carboxylic acids is 3. The Bertz CT molecular complexity index is 1970. The first-order chi connectivity index (χ1) is 23.8. The molecule has 0 saturated heterocycles. The van der Waals surface area contributed by atoms with Crippen LogP contribution in [-0.2, 0) is 9.59 Å². The van der Waals surface area contributed by atoms with E-state index in [1.165, 1.54) is 39.2 Å². The molecule has 0 heterocycles. The Hall–Kier alpha value is -5.74. The van der Waals surface area contributed by atoms with Crippen molar-refractivity contribution in [3.8, 4) is 17.2 Å². The fourth-order valence-electron chi connectivity index (χ4n) is 5.17. The van der Waals surface area contributed by atoms with E-state index in [1.807, 2.05) is 55.5 Å². The Labute approximate surface area is 289 Å². The van der Waals surface area contributed by atoms with E-state index in [0.29, 0.717) is 40.5 Å². The molecular weight excluding hydrogens is 639 g/mol. The molecule has 0 aliphatic carbocycles. The first-order valence-corrected chi connectivity index (χ1v) is 16.5. The number of thioether (sulfide) groups is 1. The molecule has 0 fully saturated rings. The van der Waals surface area contributed by atoms with Crippen molar-refractivity contribution in [2.75, 3.05) is 32.0 Å². The smallest absolute Gasteiger partial charge is 0.272 e. The third-order valence-corrected chi connectivity index (χ3v) is 8.97. The van der Waals surface area contributed by atoms with Crippen molar-refractivity contribution in [2.24, 2.45) is 0 Å². The number of methoxy groups -OCH3 is 3. The predicted molar refractivity (Wildman–Crippen MR) is 196 cm³/mol. The van der Waals surface area contributed by atoms with Gasteiger partial charge >= 0.3 is 0 Å². The van der Waals surface area contributed by atoms with E-state index in [1.54, 1.807) is 60.7 Å². The number of hydrogen-bond acceptors (Lipinski definition) is 7. The molecule has 1 atom stereocenters. The van der Waals surface area contributed by atoms with Crippen LogP contribution in [0.4, 0.5) is 11.4 Å². The molecule has 0 aliphatic heterocycles. The van der Waals surface area contributed by atoms with Crippen LogP contribution in [0.5, 0.6) is 17.2 Å². The molecule has 3 N–H and O–H groups in total. The lowest BCUT2D eigenvalue weighted by atomic mass is 10.1. The highest BCUT2D eigenvalue weighted by molar-refractivity contribution is 8.00. The molecule has 0 aliphatic rings. The van der Waals surface area contributed by atoms with Crippen LogP contribution >= 0.6 is 11.8 Å². The van der Waals surface area contributed by atoms with Crippen LogP contribution in [0.2, 0.25) is 0 Å². The van der Waals surface area contributed by atoms with Crippen molar-refractivity contribution >= 4 is 57.7 Å².